The fraction of sp³-hybridized carbons (Fsp3) is 0.522. The lowest BCUT2D eigenvalue weighted by molar-refractivity contribution is -0.138. The van der Waals surface area contributed by atoms with E-state index in [0.29, 0.717) is 18.6 Å². The summed E-state index contributed by atoms with van der Waals surface area (Å²) in [5.74, 6) is -3.49. The maximum absolute atomic E-state index is 13.2. The summed E-state index contributed by atoms with van der Waals surface area (Å²) in [5.41, 5.74) is -2.94. The molecule has 2 rings (SSSR count). The number of alkyl halides is 3. The first-order valence-electron chi connectivity index (χ1n) is 12.2. The Bertz CT molecular complexity index is 1370. The lowest BCUT2D eigenvalue weighted by Crippen LogP contribution is -2.52. The number of carbonyl (C=O) groups excluding carboxylic acids is 3. The Kier molecular flexibility index (Phi) is 11.4. The molecule has 0 radical (unpaired) electrons. The predicted molar refractivity (Wildman–Crippen MR) is 139 cm³/mol. The van der Waals surface area contributed by atoms with Crippen LogP contribution in [0, 0.1) is 5.92 Å². The second-order valence-corrected chi connectivity index (χ2v) is 12.0. The van der Waals surface area contributed by atoms with E-state index in [4.69, 9.17) is 0 Å². The van der Waals surface area contributed by atoms with Gasteiger partial charge in [0.25, 0.3) is 0 Å². The van der Waals surface area contributed by atoms with Crippen molar-refractivity contribution in [1.82, 2.24) is 14.9 Å². The molecule has 1 saturated heterocycles. The van der Waals surface area contributed by atoms with Crippen LogP contribution in [0.4, 0.5) is 13.2 Å². The maximum atomic E-state index is 13.2. The van der Waals surface area contributed by atoms with Crippen LogP contribution in [-0.2, 0) is 49.5 Å². The quantitative estimate of drug-likeness (QED) is 0.296. The van der Waals surface area contributed by atoms with E-state index in [2.05, 4.69) is 23.5 Å². The van der Waals surface area contributed by atoms with Crippen LogP contribution >= 0.6 is 0 Å². The van der Waals surface area contributed by atoms with Gasteiger partial charge in [-0.3, -0.25) is 4.79 Å². The molecule has 4 N–H and O–H groups in total. The van der Waals surface area contributed by atoms with Gasteiger partial charge in [0.2, 0.25) is 5.91 Å². The van der Waals surface area contributed by atoms with Gasteiger partial charge in [-0.25, -0.2) is 9.59 Å². The summed E-state index contributed by atoms with van der Waals surface area (Å²) >= 11 is 0. The number of rotatable bonds is 11. The monoisotopic (exact) mass is 628 g/mol. The minimum absolute atomic E-state index is 0.136. The molecule has 18 heteroatoms. The number of hydrogen-bond donors (Lipinski definition) is 3. The maximum Gasteiger partial charge on any atom is 0.416 e. The molecule has 1 aliphatic heterocycles. The van der Waals surface area contributed by atoms with Crippen LogP contribution in [0.25, 0.3) is 5.57 Å². The number of amides is 1. The van der Waals surface area contributed by atoms with Crippen molar-refractivity contribution in [3.05, 3.63) is 41.5 Å². The van der Waals surface area contributed by atoms with Crippen LogP contribution in [0.1, 0.15) is 44.2 Å². The molecule has 0 saturated carbocycles. The van der Waals surface area contributed by atoms with E-state index in [9.17, 15) is 44.4 Å². The van der Waals surface area contributed by atoms with Crippen molar-refractivity contribution in [2.24, 2.45) is 11.1 Å². The molecule has 1 heterocycles. The molecule has 41 heavy (non-hydrogen) atoms. The number of carbonyl (C=O) groups is 3. The number of nitrogens with two attached hydrogens (primary N) is 1. The zero-order valence-corrected chi connectivity index (χ0v) is 23.9. The van der Waals surface area contributed by atoms with Gasteiger partial charge in [0, 0.05) is 25.2 Å². The highest BCUT2D eigenvalue weighted by atomic mass is 32.2. The molecule has 1 atom stereocenters. The largest absolute Gasteiger partial charge is 0.416 e. The van der Waals surface area contributed by atoms with Gasteiger partial charge in [0.15, 0.2) is 0 Å². The molecule has 13 nitrogen and oxygen atoms in total. The number of nitrogens with one attached hydrogen (secondary N) is 2. The molecule has 1 amide bonds. The predicted octanol–water partition coefficient (Wildman–Crippen LogP) is 0.838. The van der Waals surface area contributed by atoms with E-state index in [-0.39, 0.29) is 43.8 Å². The molecule has 0 bridgehead atoms. The van der Waals surface area contributed by atoms with Crippen LogP contribution in [0.3, 0.4) is 0 Å². The Morgan fingerprint density at radius 3 is 2.24 bits per heavy atom. The molecule has 0 aromatic heterocycles. The summed E-state index contributed by atoms with van der Waals surface area (Å²) in [5, 5.41) is 7.55. The van der Waals surface area contributed by atoms with Crippen molar-refractivity contribution in [2.75, 3.05) is 20.1 Å². The lowest BCUT2D eigenvalue weighted by atomic mass is 10.0. The number of piperidine rings is 1. The van der Waals surface area contributed by atoms with Crippen LogP contribution in [-0.4, -0.2) is 71.8 Å². The van der Waals surface area contributed by atoms with E-state index < -0.39 is 67.5 Å². The number of likely N-dealkylation sites (tertiary alicyclic amines) is 1. The summed E-state index contributed by atoms with van der Waals surface area (Å²) in [6, 6.07) is 1.69. The van der Waals surface area contributed by atoms with Crippen LogP contribution in [0.2, 0.25) is 0 Å². The summed E-state index contributed by atoms with van der Waals surface area (Å²) in [7, 11) is -8.10. The lowest BCUT2D eigenvalue weighted by Gasteiger charge is -2.34. The molecule has 1 aromatic carbocycles. The second kappa shape index (κ2) is 13.7. The van der Waals surface area contributed by atoms with E-state index in [0.717, 1.165) is 12.1 Å². The zero-order valence-electron chi connectivity index (χ0n) is 22.3. The Hall–Kier alpha value is -3.06. The standard InChI is InChI=1S/C23H31F3N4O9S2/c1-14(2)11-19(28-3)21(32)30-9-7-17(8-10-30)29-41(36,37)39-22(33)18(13-20(31)38-40(27,34)35)15-5-4-6-16(12-15)23(24,25)26/h4-6,12-14,17,19,28-29H,7-11H2,1-3H3,(H2,27,34,35)/b18-13+/t19-/m0/s1. The van der Waals surface area contributed by atoms with Gasteiger partial charge in [-0.1, -0.05) is 26.0 Å². The van der Waals surface area contributed by atoms with Crippen LogP contribution in [0.5, 0.6) is 0 Å². The first-order valence-corrected chi connectivity index (χ1v) is 15.1. The highest BCUT2D eigenvalue weighted by molar-refractivity contribution is 7.85. The number of likely N-dealkylation sites (N-methyl/N-ethyl adjacent to an activating group) is 1. The Balaban J connectivity index is 2.19. The molecular formula is C23H31F3N4O9S2. The number of hydrogen-bond acceptors (Lipinski definition) is 10. The summed E-state index contributed by atoms with van der Waals surface area (Å²) in [4.78, 5) is 39.0. The van der Waals surface area contributed by atoms with Gasteiger partial charge in [-0.05, 0) is 49.9 Å². The molecular weight excluding hydrogens is 597 g/mol. The van der Waals surface area contributed by atoms with Gasteiger partial charge < -0.3 is 18.6 Å². The third-order valence-electron chi connectivity index (χ3n) is 5.84. The van der Waals surface area contributed by atoms with Crippen LogP contribution in [0.15, 0.2) is 30.3 Å². The van der Waals surface area contributed by atoms with Gasteiger partial charge >= 0.3 is 38.7 Å². The second-order valence-electron chi connectivity index (χ2n) is 9.54. The Morgan fingerprint density at radius 2 is 1.73 bits per heavy atom. The number of halogens is 3. The molecule has 0 aliphatic carbocycles. The van der Waals surface area contributed by atoms with Gasteiger partial charge in [0.1, 0.15) is 0 Å². The molecule has 1 aliphatic rings. The smallest absolute Gasteiger partial charge is 0.341 e. The summed E-state index contributed by atoms with van der Waals surface area (Å²) < 4.78 is 97.3. The van der Waals surface area contributed by atoms with E-state index in [1.165, 1.54) is 0 Å². The van der Waals surface area contributed by atoms with E-state index in [1.807, 2.05) is 13.8 Å². The minimum atomic E-state index is -4.89. The van der Waals surface area contributed by atoms with Crippen molar-refractivity contribution >= 4 is 44.0 Å². The summed E-state index contributed by atoms with van der Waals surface area (Å²) in [6.45, 7) is 4.34. The number of benzene rings is 1. The van der Waals surface area contributed by atoms with Crippen molar-refractivity contribution in [1.29, 1.82) is 0 Å². The summed E-state index contributed by atoms with van der Waals surface area (Å²) in [6.07, 6.45) is -3.81. The normalized spacial score (nSPS) is 16.4. The number of nitrogens with zero attached hydrogens (tertiary/aromatic N) is 1. The fourth-order valence-electron chi connectivity index (χ4n) is 4.00. The Morgan fingerprint density at radius 1 is 1.12 bits per heavy atom. The van der Waals surface area contributed by atoms with E-state index >= 15 is 0 Å². The fourth-order valence-corrected chi connectivity index (χ4v) is 5.26. The van der Waals surface area contributed by atoms with Crippen molar-refractivity contribution in [3.8, 4) is 0 Å². The topological polar surface area (TPSA) is 191 Å². The first kappa shape index (κ1) is 34.1. The van der Waals surface area contributed by atoms with Gasteiger partial charge in [0.05, 0.1) is 17.2 Å². The molecule has 0 unspecified atom stereocenters. The first-order chi connectivity index (χ1) is 18.8. The third kappa shape index (κ3) is 11.0. The van der Waals surface area contributed by atoms with Crippen molar-refractivity contribution < 1.29 is 52.8 Å². The van der Waals surface area contributed by atoms with Crippen molar-refractivity contribution in [3.63, 3.8) is 0 Å². The SMILES string of the molecule is CN[C@@H](CC(C)C)C(=O)N1CCC(NS(=O)(=O)OC(=O)/C(=C/C(=O)OS(N)(=O)=O)c2cccc(C(F)(F)F)c2)CC1. The Labute approximate surface area is 235 Å². The highest BCUT2D eigenvalue weighted by Crippen LogP contribution is 2.31. The molecule has 1 aromatic rings. The molecule has 1 fully saturated rings. The molecule has 0 spiro atoms. The average Bonchev–Trinajstić information content (AvgIpc) is 2.83. The van der Waals surface area contributed by atoms with E-state index in [1.54, 1.807) is 11.9 Å². The third-order valence-corrected chi connectivity index (χ3v) is 7.23. The van der Waals surface area contributed by atoms with Gasteiger partial charge in [-0.15, -0.1) is 0 Å². The van der Waals surface area contributed by atoms with Crippen LogP contribution < -0.4 is 15.2 Å². The minimum Gasteiger partial charge on any atom is -0.341 e. The average molecular weight is 629 g/mol. The van der Waals surface area contributed by atoms with Crippen molar-refractivity contribution in [2.45, 2.75) is 51.4 Å². The molecule has 230 valence electrons. The highest BCUT2D eigenvalue weighted by Gasteiger charge is 2.33. The van der Waals surface area contributed by atoms with Gasteiger partial charge in [-0.2, -0.15) is 39.9 Å². The zero-order chi connectivity index (χ0) is 31.2.